The zero-order chi connectivity index (χ0) is 27.0. The molecule has 13 heteroatoms. The fourth-order valence-electron chi connectivity index (χ4n) is 4.35. The molecule has 0 spiro atoms. The predicted molar refractivity (Wildman–Crippen MR) is 148 cm³/mol. The van der Waals surface area contributed by atoms with Gasteiger partial charge in [0.05, 0.1) is 35.2 Å². The lowest BCUT2D eigenvalue weighted by molar-refractivity contribution is 0.167. The minimum atomic E-state index is -3.59. The molecule has 1 aliphatic carbocycles. The number of ether oxygens (including phenoxy) is 1. The molecular weight excluding hydrogens is 529 g/mol. The summed E-state index contributed by atoms with van der Waals surface area (Å²) in [7, 11) is -1.92. The molecule has 0 unspecified atom stereocenters. The van der Waals surface area contributed by atoms with Crippen molar-refractivity contribution in [1.29, 1.82) is 5.26 Å². The SMILES string of the molecule is CN(C)S(=O)(=O)N[C@@H]1Cc2c(n(Cc3scnc3NC(=O)OCC[Si](C)(C)C)c3ccc(C#N)cc23)C1. The molecule has 0 saturated heterocycles. The first-order valence-corrected chi connectivity index (χ1v) is 18.0. The van der Waals surface area contributed by atoms with Crippen LogP contribution in [-0.4, -0.2) is 63.2 Å². The maximum absolute atomic E-state index is 12.5. The molecule has 1 aromatic carbocycles. The number of carbonyl (C=O) groups is 1. The molecule has 0 bridgehead atoms. The van der Waals surface area contributed by atoms with Crippen molar-refractivity contribution in [1.82, 2.24) is 18.6 Å². The molecule has 1 amide bonds. The third kappa shape index (κ3) is 6.21. The topological polar surface area (TPSA) is 129 Å². The van der Waals surface area contributed by atoms with Crippen LogP contribution in [0.15, 0.2) is 23.7 Å². The highest BCUT2D eigenvalue weighted by Crippen LogP contribution is 2.36. The van der Waals surface area contributed by atoms with Gasteiger partial charge in [-0.2, -0.15) is 22.7 Å². The number of amides is 1. The minimum absolute atomic E-state index is 0.292. The summed E-state index contributed by atoms with van der Waals surface area (Å²) in [6.07, 6.45) is 0.516. The number of benzene rings is 1. The number of rotatable bonds is 9. The Morgan fingerprint density at radius 1 is 1.32 bits per heavy atom. The van der Waals surface area contributed by atoms with Crippen LogP contribution in [0, 0.1) is 11.3 Å². The van der Waals surface area contributed by atoms with Gasteiger partial charge in [0.1, 0.15) is 0 Å². The summed E-state index contributed by atoms with van der Waals surface area (Å²) in [4.78, 5) is 17.6. The third-order valence-corrected chi connectivity index (χ3v) is 10.5. The lowest BCUT2D eigenvalue weighted by atomic mass is 10.1. The molecule has 10 nitrogen and oxygen atoms in total. The zero-order valence-corrected chi connectivity index (χ0v) is 24.3. The monoisotopic (exact) mass is 560 g/mol. The standard InChI is InChI=1S/C24H32N6O4S2Si/c1-29(2)36(32,33)28-17-11-19-18-10-16(13-25)6-7-20(18)30(21(19)12-17)14-22-23(26-15-35-22)27-24(31)34-8-9-37(3,4)5/h6-7,10,15,17,28H,8-9,11-12,14H2,1-5H3,(H,27,31)/t17-/m1/s1. The maximum atomic E-state index is 12.5. The Labute approximate surface area is 222 Å². The lowest BCUT2D eigenvalue weighted by Crippen LogP contribution is -2.42. The zero-order valence-electron chi connectivity index (χ0n) is 21.7. The first kappa shape index (κ1) is 27.3. The first-order valence-electron chi connectivity index (χ1n) is 12.0. The van der Waals surface area contributed by atoms with Gasteiger partial charge in [-0.15, -0.1) is 11.3 Å². The number of aromatic nitrogens is 2. The highest BCUT2D eigenvalue weighted by Gasteiger charge is 2.32. The number of carbonyl (C=O) groups excluding carboxylic acids is 1. The molecule has 0 saturated carbocycles. The van der Waals surface area contributed by atoms with Crippen molar-refractivity contribution in [3.8, 4) is 6.07 Å². The summed E-state index contributed by atoms with van der Waals surface area (Å²) in [5.74, 6) is 0.454. The lowest BCUT2D eigenvalue weighted by Gasteiger charge is -2.18. The van der Waals surface area contributed by atoms with E-state index in [9.17, 15) is 18.5 Å². The molecular formula is C24H32N6O4S2Si. The van der Waals surface area contributed by atoms with E-state index >= 15 is 0 Å². The summed E-state index contributed by atoms with van der Waals surface area (Å²) in [5, 5.41) is 13.2. The average molecular weight is 561 g/mol. The van der Waals surface area contributed by atoms with E-state index in [1.807, 2.05) is 12.1 Å². The van der Waals surface area contributed by atoms with Crippen molar-refractivity contribution in [3.63, 3.8) is 0 Å². The molecule has 1 aliphatic rings. The van der Waals surface area contributed by atoms with Crippen molar-refractivity contribution in [2.24, 2.45) is 0 Å². The number of fused-ring (bicyclic) bond motifs is 3. The van der Waals surface area contributed by atoms with Crippen LogP contribution in [0.4, 0.5) is 10.6 Å². The van der Waals surface area contributed by atoms with E-state index in [4.69, 9.17) is 4.74 Å². The molecule has 4 rings (SSSR count). The number of nitriles is 1. The van der Waals surface area contributed by atoms with Gasteiger partial charge in [-0.25, -0.2) is 9.78 Å². The van der Waals surface area contributed by atoms with Crippen molar-refractivity contribution in [2.45, 2.75) is 51.1 Å². The molecule has 2 heterocycles. The second-order valence-electron chi connectivity index (χ2n) is 10.6. The van der Waals surface area contributed by atoms with E-state index < -0.39 is 24.4 Å². The van der Waals surface area contributed by atoms with E-state index in [0.717, 1.165) is 37.4 Å². The van der Waals surface area contributed by atoms with E-state index in [1.165, 1.54) is 25.4 Å². The number of hydrogen-bond acceptors (Lipinski definition) is 7. The first-order chi connectivity index (χ1) is 17.4. The summed E-state index contributed by atoms with van der Waals surface area (Å²) in [5.41, 5.74) is 5.22. The fourth-order valence-corrected chi connectivity index (χ4v) is 6.57. The largest absolute Gasteiger partial charge is 0.450 e. The Morgan fingerprint density at radius 3 is 2.76 bits per heavy atom. The van der Waals surface area contributed by atoms with Crippen LogP contribution in [0.3, 0.4) is 0 Å². The van der Waals surface area contributed by atoms with E-state index in [2.05, 4.69) is 45.3 Å². The molecule has 0 aliphatic heterocycles. The Balaban J connectivity index is 1.60. The number of nitrogens with one attached hydrogen (secondary N) is 2. The Bertz CT molecular complexity index is 1470. The van der Waals surface area contributed by atoms with Crippen LogP contribution in [-0.2, 0) is 34.3 Å². The van der Waals surface area contributed by atoms with Crippen molar-refractivity contribution < 1.29 is 17.9 Å². The number of nitrogens with zero attached hydrogens (tertiary/aromatic N) is 4. The highest BCUT2D eigenvalue weighted by molar-refractivity contribution is 7.87. The van der Waals surface area contributed by atoms with Crippen molar-refractivity contribution in [3.05, 3.63) is 45.4 Å². The number of hydrogen-bond donors (Lipinski definition) is 2. The van der Waals surface area contributed by atoms with Gasteiger partial charge in [0.25, 0.3) is 10.2 Å². The van der Waals surface area contributed by atoms with E-state index in [0.29, 0.717) is 37.4 Å². The van der Waals surface area contributed by atoms with Crippen LogP contribution in [0.5, 0.6) is 0 Å². The minimum Gasteiger partial charge on any atom is -0.450 e. The van der Waals surface area contributed by atoms with Gasteiger partial charge >= 0.3 is 6.09 Å². The molecule has 198 valence electrons. The van der Waals surface area contributed by atoms with Gasteiger partial charge < -0.3 is 9.30 Å². The number of thiazole rings is 1. The van der Waals surface area contributed by atoms with Crippen molar-refractivity contribution in [2.75, 3.05) is 26.0 Å². The molecule has 0 fully saturated rings. The highest BCUT2D eigenvalue weighted by atomic mass is 32.2. The van der Waals surface area contributed by atoms with Gasteiger partial charge in [0.2, 0.25) is 0 Å². The van der Waals surface area contributed by atoms with Crippen molar-refractivity contribution >= 4 is 52.4 Å². The summed E-state index contributed by atoms with van der Waals surface area (Å²) in [6, 6.07) is 8.34. The molecule has 1 atom stereocenters. The normalized spacial score (nSPS) is 15.6. The summed E-state index contributed by atoms with van der Waals surface area (Å²) < 4.78 is 36.3. The van der Waals surface area contributed by atoms with Gasteiger partial charge in [0.15, 0.2) is 5.82 Å². The smallest absolute Gasteiger partial charge is 0.412 e. The van der Waals surface area contributed by atoms with Gasteiger partial charge in [-0.1, -0.05) is 19.6 Å². The van der Waals surface area contributed by atoms with Gasteiger partial charge in [0, 0.05) is 51.2 Å². The maximum Gasteiger partial charge on any atom is 0.412 e. The second-order valence-corrected chi connectivity index (χ2v) is 19.0. The van der Waals surface area contributed by atoms with Crippen LogP contribution in [0.25, 0.3) is 10.9 Å². The fraction of sp³-hybridized carbons (Fsp3) is 0.458. The Morgan fingerprint density at radius 2 is 2.08 bits per heavy atom. The molecule has 3 aromatic rings. The Kier molecular flexibility index (Phi) is 7.77. The van der Waals surface area contributed by atoms with Crippen LogP contribution in [0.1, 0.15) is 21.7 Å². The average Bonchev–Trinajstić information content (AvgIpc) is 3.48. The number of anilines is 1. The predicted octanol–water partition coefficient (Wildman–Crippen LogP) is 3.77. The quantitative estimate of drug-likeness (QED) is 0.383. The van der Waals surface area contributed by atoms with Crippen LogP contribution < -0.4 is 10.0 Å². The molecule has 2 N–H and O–H groups in total. The molecule has 2 aromatic heterocycles. The molecule has 0 radical (unpaired) electrons. The van der Waals surface area contributed by atoms with Gasteiger partial charge in [-0.3, -0.25) is 5.32 Å². The van der Waals surface area contributed by atoms with Gasteiger partial charge in [-0.05, 0) is 36.2 Å². The van der Waals surface area contributed by atoms with Crippen LogP contribution >= 0.6 is 11.3 Å². The van der Waals surface area contributed by atoms with E-state index in [-0.39, 0.29) is 6.04 Å². The summed E-state index contributed by atoms with van der Waals surface area (Å²) >= 11 is 1.43. The second kappa shape index (κ2) is 10.5. The van der Waals surface area contributed by atoms with Crippen LogP contribution in [0.2, 0.25) is 25.7 Å². The Hall–Kier alpha value is -2.76. The third-order valence-electron chi connectivity index (χ3n) is 6.35. The summed E-state index contributed by atoms with van der Waals surface area (Å²) in [6.45, 7) is 7.50. The molecule has 37 heavy (non-hydrogen) atoms. The van der Waals surface area contributed by atoms with E-state index in [1.54, 1.807) is 11.6 Å².